The summed E-state index contributed by atoms with van der Waals surface area (Å²) in [5.41, 5.74) is 6.71. The van der Waals surface area contributed by atoms with Gasteiger partial charge in [0.15, 0.2) is 5.78 Å². The first-order valence-electron chi connectivity index (χ1n) is 5.71. The predicted octanol–water partition coefficient (Wildman–Crippen LogP) is 2.00. The molecule has 5 heteroatoms. The Bertz CT molecular complexity index is 500. The van der Waals surface area contributed by atoms with Crippen LogP contribution < -0.4 is 15.4 Å². The van der Waals surface area contributed by atoms with Gasteiger partial charge in [-0.2, -0.15) is 0 Å². The van der Waals surface area contributed by atoms with E-state index in [1.165, 1.54) is 0 Å². The number of methoxy groups -OCH3 is 1. The van der Waals surface area contributed by atoms with Crippen molar-refractivity contribution in [3.8, 4) is 5.75 Å². The van der Waals surface area contributed by atoms with Crippen molar-refractivity contribution in [1.29, 1.82) is 0 Å². The van der Waals surface area contributed by atoms with Gasteiger partial charge >= 0.3 is 0 Å². The molecule has 0 atom stereocenters. The van der Waals surface area contributed by atoms with Crippen LogP contribution in [0.1, 0.15) is 6.92 Å². The van der Waals surface area contributed by atoms with Crippen LogP contribution in [-0.4, -0.2) is 26.0 Å². The zero-order chi connectivity index (χ0) is 13.1. The van der Waals surface area contributed by atoms with E-state index in [2.05, 4.69) is 4.90 Å². The van der Waals surface area contributed by atoms with Crippen LogP contribution >= 0.6 is 11.8 Å². The van der Waals surface area contributed by atoms with Crippen LogP contribution in [0.4, 0.5) is 5.69 Å². The second-order valence-electron chi connectivity index (χ2n) is 3.97. The summed E-state index contributed by atoms with van der Waals surface area (Å²) in [7, 11) is 1.64. The van der Waals surface area contributed by atoms with E-state index in [0.29, 0.717) is 13.1 Å². The van der Waals surface area contributed by atoms with E-state index in [1.807, 2.05) is 18.2 Å². The van der Waals surface area contributed by atoms with E-state index in [4.69, 9.17) is 10.5 Å². The minimum absolute atomic E-state index is 0.0410. The van der Waals surface area contributed by atoms with Crippen molar-refractivity contribution in [2.24, 2.45) is 5.73 Å². The van der Waals surface area contributed by atoms with Gasteiger partial charge < -0.3 is 15.4 Å². The highest BCUT2D eigenvalue weighted by molar-refractivity contribution is 8.03. The summed E-state index contributed by atoms with van der Waals surface area (Å²) in [6.45, 7) is 2.80. The number of carbonyl (C=O) groups excluding carboxylic acids is 1. The molecule has 0 saturated heterocycles. The lowest BCUT2D eigenvalue weighted by Crippen LogP contribution is -2.25. The number of hydrogen-bond donors (Lipinski definition) is 1. The fourth-order valence-electron chi connectivity index (χ4n) is 1.85. The summed E-state index contributed by atoms with van der Waals surface area (Å²) in [6.07, 6.45) is 1.65. The number of hydrogen-bond acceptors (Lipinski definition) is 5. The molecule has 1 aliphatic rings. The van der Waals surface area contributed by atoms with Crippen LogP contribution in [0.5, 0.6) is 5.75 Å². The van der Waals surface area contributed by atoms with Gasteiger partial charge in [-0.1, -0.05) is 11.8 Å². The number of anilines is 1. The van der Waals surface area contributed by atoms with E-state index >= 15 is 0 Å². The molecular formula is C13H16N2O2S. The van der Waals surface area contributed by atoms with Gasteiger partial charge in [0.1, 0.15) is 5.75 Å². The summed E-state index contributed by atoms with van der Waals surface area (Å²) < 4.78 is 5.21. The molecule has 0 fully saturated rings. The summed E-state index contributed by atoms with van der Waals surface area (Å²) in [6, 6.07) is 5.89. The number of nitrogens with two attached hydrogens (primary N) is 1. The van der Waals surface area contributed by atoms with Crippen LogP contribution in [0.2, 0.25) is 0 Å². The molecule has 0 radical (unpaired) electrons. The molecular weight excluding hydrogens is 248 g/mol. The molecule has 1 aromatic carbocycles. The van der Waals surface area contributed by atoms with Crippen molar-refractivity contribution >= 4 is 23.2 Å². The Morgan fingerprint density at radius 1 is 1.56 bits per heavy atom. The van der Waals surface area contributed by atoms with Gasteiger partial charge in [-0.3, -0.25) is 4.79 Å². The van der Waals surface area contributed by atoms with Crippen LogP contribution in [0, 0.1) is 0 Å². The molecule has 0 bridgehead atoms. The third kappa shape index (κ3) is 2.52. The number of ether oxygens (including phenoxy) is 1. The number of ketones is 1. The number of fused-ring (bicyclic) bond motifs is 1. The molecule has 18 heavy (non-hydrogen) atoms. The van der Waals surface area contributed by atoms with Crippen molar-refractivity contribution in [2.75, 3.05) is 25.1 Å². The van der Waals surface area contributed by atoms with Gasteiger partial charge in [0.2, 0.25) is 0 Å². The number of allylic oxidation sites excluding steroid dienone is 1. The fourth-order valence-corrected chi connectivity index (χ4v) is 3.06. The lowest BCUT2D eigenvalue weighted by Gasteiger charge is -2.19. The normalized spacial score (nSPS) is 15.9. The van der Waals surface area contributed by atoms with Crippen molar-refractivity contribution in [1.82, 2.24) is 0 Å². The Kier molecular flexibility index (Phi) is 3.93. The maximum Gasteiger partial charge on any atom is 0.155 e. The zero-order valence-corrected chi connectivity index (χ0v) is 11.3. The average Bonchev–Trinajstić information content (AvgIpc) is 2.66. The molecule has 0 saturated carbocycles. The smallest absolute Gasteiger partial charge is 0.155 e. The van der Waals surface area contributed by atoms with E-state index in [9.17, 15) is 4.79 Å². The summed E-state index contributed by atoms with van der Waals surface area (Å²) in [5.74, 6) is 0.859. The lowest BCUT2D eigenvalue weighted by molar-refractivity contribution is -0.112. The first-order valence-corrected chi connectivity index (χ1v) is 6.53. The van der Waals surface area contributed by atoms with Gasteiger partial charge in [0.05, 0.1) is 17.8 Å². The first-order chi connectivity index (χ1) is 8.65. The van der Waals surface area contributed by atoms with Crippen LogP contribution in [0.15, 0.2) is 34.2 Å². The molecule has 0 spiro atoms. The first kappa shape index (κ1) is 13.0. The Morgan fingerprint density at radius 2 is 2.33 bits per heavy atom. The van der Waals surface area contributed by atoms with Gasteiger partial charge in [-0.25, -0.2) is 0 Å². The Morgan fingerprint density at radius 3 is 2.94 bits per heavy atom. The molecule has 0 aromatic heterocycles. The summed E-state index contributed by atoms with van der Waals surface area (Å²) in [5, 5.41) is 0.927. The molecule has 96 valence electrons. The molecule has 0 unspecified atom stereocenters. The number of thioether (sulfide) groups is 1. The molecule has 2 N–H and O–H groups in total. The third-order valence-electron chi connectivity index (χ3n) is 2.62. The number of rotatable bonds is 4. The van der Waals surface area contributed by atoms with E-state index in [1.54, 1.807) is 31.9 Å². The molecule has 0 amide bonds. The second-order valence-corrected chi connectivity index (χ2v) is 5.03. The average molecular weight is 264 g/mol. The minimum atomic E-state index is 0.0410. The third-order valence-corrected chi connectivity index (χ3v) is 3.71. The maximum atomic E-state index is 11.3. The number of nitrogens with zero attached hydrogens (tertiary/aromatic N) is 1. The molecule has 4 nitrogen and oxygen atoms in total. The quantitative estimate of drug-likeness (QED) is 0.843. The van der Waals surface area contributed by atoms with Crippen molar-refractivity contribution in [3.63, 3.8) is 0 Å². The summed E-state index contributed by atoms with van der Waals surface area (Å²) in [4.78, 5) is 14.4. The van der Waals surface area contributed by atoms with E-state index < -0.39 is 0 Å². The molecule has 1 aromatic rings. The SMILES string of the molecule is COc1ccc2c(c1)S/C(=C\C(C)=O)N2CCN. The minimum Gasteiger partial charge on any atom is -0.497 e. The molecule has 0 aliphatic carbocycles. The van der Waals surface area contributed by atoms with Crippen molar-refractivity contribution in [3.05, 3.63) is 29.3 Å². The molecule has 1 aliphatic heterocycles. The Hall–Kier alpha value is -1.46. The predicted molar refractivity (Wildman–Crippen MR) is 74.0 cm³/mol. The van der Waals surface area contributed by atoms with Crippen molar-refractivity contribution < 1.29 is 9.53 Å². The number of benzene rings is 1. The second kappa shape index (κ2) is 5.46. The highest BCUT2D eigenvalue weighted by atomic mass is 32.2. The van der Waals surface area contributed by atoms with Gasteiger partial charge in [0, 0.05) is 24.1 Å². The van der Waals surface area contributed by atoms with Gasteiger partial charge in [0.25, 0.3) is 0 Å². The van der Waals surface area contributed by atoms with Crippen LogP contribution in [-0.2, 0) is 4.79 Å². The lowest BCUT2D eigenvalue weighted by atomic mass is 10.2. The van der Waals surface area contributed by atoms with Crippen molar-refractivity contribution in [2.45, 2.75) is 11.8 Å². The van der Waals surface area contributed by atoms with E-state index in [0.717, 1.165) is 21.4 Å². The van der Waals surface area contributed by atoms with Gasteiger partial charge in [-0.05, 0) is 25.1 Å². The number of carbonyl (C=O) groups is 1. The fraction of sp³-hybridized carbons (Fsp3) is 0.308. The molecule has 2 rings (SSSR count). The molecule has 1 heterocycles. The highest BCUT2D eigenvalue weighted by Crippen LogP contribution is 2.47. The van der Waals surface area contributed by atoms with Crippen LogP contribution in [0.3, 0.4) is 0 Å². The zero-order valence-electron chi connectivity index (χ0n) is 10.5. The topological polar surface area (TPSA) is 55.6 Å². The highest BCUT2D eigenvalue weighted by Gasteiger charge is 2.25. The summed E-state index contributed by atoms with van der Waals surface area (Å²) >= 11 is 1.57. The van der Waals surface area contributed by atoms with Crippen LogP contribution in [0.25, 0.3) is 0 Å². The van der Waals surface area contributed by atoms with Gasteiger partial charge in [-0.15, -0.1) is 0 Å². The largest absolute Gasteiger partial charge is 0.497 e. The maximum absolute atomic E-state index is 11.3. The Balaban J connectivity index is 2.39. The van der Waals surface area contributed by atoms with E-state index in [-0.39, 0.29) is 5.78 Å². The monoisotopic (exact) mass is 264 g/mol. The standard InChI is InChI=1S/C13H16N2O2S/c1-9(16)7-13-15(6-5-14)11-4-3-10(17-2)8-12(11)18-13/h3-4,7-8H,5-6,14H2,1-2H3/b13-7-. The Labute approximate surface area is 111 Å².